The molecule has 1 saturated carbocycles. The van der Waals surface area contributed by atoms with Gasteiger partial charge in [-0.1, -0.05) is 13.3 Å². The lowest BCUT2D eigenvalue weighted by Gasteiger charge is -2.20. The number of aryl methyl sites for hydroxylation is 1. The van der Waals surface area contributed by atoms with Gasteiger partial charge in [-0.15, -0.1) is 0 Å². The van der Waals surface area contributed by atoms with Gasteiger partial charge in [-0.2, -0.15) is 10.2 Å². The van der Waals surface area contributed by atoms with Gasteiger partial charge in [0.15, 0.2) is 0 Å². The SMILES string of the molecule is CCCc1cc(N2CCC(NCC3CC3)C2)nc(Nc2ccc(F)c(C#N)c2)n1. The van der Waals surface area contributed by atoms with Gasteiger partial charge in [0, 0.05) is 36.6 Å². The average Bonchev–Trinajstić information content (AvgIpc) is 3.43. The normalized spacial score (nSPS) is 18.7. The van der Waals surface area contributed by atoms with Gasteiger partial charge in [-0.25, -0.2) is 9.37 Å². The summed E-state index contributed by atoms with van der Waals surface area (Å²) in [7, 11) is 0. The van der Waals surface area contributed by atoms with E-state index in [9.17, 15) is 4.39 Å². The van der Waals surface area contributed by atoms with Crippen LogP contribution in [-0.4, -0.2) is 35.6 Å². The van der Waals surface area contributed by atoms with E-state index in [0.29, 0.717) is 17.7 Å². The van der Waals surface area contributed by atoms with Crippen molar-refractivity contribution in [2.24, 2.45) is 5.92 Å². The molecule has 1 aromatic carbocycles. The van der Waals surface area contributed by atoms with Crippen LogP contribution in [0.3, 0.4) is 0 Å². The lowest BCUT2D eigenvalue weighted by atomic mass is 10.2. The second-order valence-electron chi connectivity index (χ2n) is 8.01. The van der Waals surface area contributed by atoms with Gasteiger partial charge in [-0.3, -0.25) is 0 Å². The Hall–Kier alpha value is -2.72. The second-order valence-corrected chi connectivity index (χ2v) is 8.01. The Balaban J connectivity index is 1.50. The molecule has 152 valence electrons. The molecule has 1 aliphatic heterocycles. The Morgan fingerprint density at radius 3 is 2.86 bits per heavy atom. The van der Waals surface area contributed by atoms with Crippen molar-refractivity contribution in [3.05, 3.63) is 41.3 Å². The number of hydrogen-bond acceptors (Lipinski definition) is 6. The molecule has 7 heteroatoms. The van der Waals surface area contributed by atoms with E-state index in [1.807, 2.05) is 6.07 Å². The molecule has 1 aliphatic carbocycles. The van der Waals surface area contributed by atoms with E-state index in [1.165, 1.54) is 25.0 Å². The number of hydrogen-bond donors (Lipinski definition) is 2. The summed E-state index contributed by atoms with van der Waals surface area (Å²) in [6.07, 6.45) is 5.71. The summed E-state index contributed by atoms with van der Waals surface area (Å²) in [4.78, 5) is 11.6. The number of nitrogens with zero attached hydrogens (tertiary/aromatic N) is 4. The Morgan fingerprint density at radius 2 is 2.10 bits per heavy atom. The predicted molar refractivity (Wildman–Crippen MR) is 112 cm³/mol. The van der Waals surface area contributed by atoms with Gasteiger partial charge < -0.3 is 15.5 Å². The van der Waals surface area contributed by atoms with Crippen LogP contribution in [-0.2, 0) is 6.42 Å². The molecule has 2 aromatic rings. The zero-order chi connectivity index (χ0) is 20.2. The quantitative estimate of drug-likeness (QED) is 0.710. The largest absolute Gasteiger partial charge is 0.355 e. The second kappa shape index (κ2) is 8.75. The third-order valence-electron chi connectivity index (χ3n) is 5.52. The molecular weight excluding hydrogens is 367 g/mol. The first-order valence-electron chi connectivity index (χ1n) is 10.5. The van der Waals surface area contributed by atoms with Crippen molar-refractivity contribution in [2.75, 3.05) is 29.9 Å². The van der Waals surface area contributed by atoms with Crippen LogP contribution in [0.25, 0.3) is 0 Å². The Kier molecular flexibility index (Phi) is 5.91. The van der Waals surface area contributed by atoms with Gasteiger partial charge in [0.05, 0.1) is 5.56 Å². The van der Waals surface area contributed by atoms with Crippen molar-refractivity contribution in [3.63, 3.8) is 0 Å². The van der Waals surface area contributed by atoms with Crippen LogP contribution in [0.15, 0.2) is 24.3 Å². The monoisotopic (exact) mass is 394 g/mol. The third kappa shape index (κ3) is 5.01. The van der Waals surface area contributed by atoms with E-state index in [2.05, 4.69) is 33.5 Å². The average molecular weight is 394 g/mol. The molecule has 29 heavy (non-hydrogen) atoms. The van der Waals surface area contributed by atoms with Crippen LogP contribution < -0.4 is 15.5 Å². The summed E-state index contributed by atoms with van der Waals surface area (Å²) >= 11 is 0. The van der Waals surface area contributed by atoms with Crippen LogP contribution in [0.1, 0.15) is 43.9 Å². The maximum atomic E-state index is 13.6. The third-order valence-corrected chi connectivity index (χ3v) is 5.52. The first kappa shape index (κ1) is 19.6. The number of rotatable bonds is 8. The van der Waals surface area contributed by atoms with Crippen LogP contribution >= 0.6 is 0 Å². The summed E-state index contributed by atoms with van der Waals surface area (Å²) in [5.74, 6) is 1.75. The first-order chi connectivity index (χ1) is 14.1. The molecule has 0 radical (unpaired) electrons. The summed E-state index contributed by atoms with van der Waals surface area (Å²) < 4.78 is 13.6. The maximum Gasteiger partial charge on any atom is 0.229 e. The van der Waals surface area contributed by atoms with E-state index < -0.39 is 5.82 Å². The highest BCUT2D eigenvalue weighted by molar-refractivity contribution is 5.58. The number of halogens is 1. The molecule has 6 nitrogen and oxygen atoms in total. The van der Waals surface area contributed by atoms with Crippen LogP contribution in [0.2, 0.25) is 0 Å². The molecule has 0 amide bonds. The van der Waals surface area contributed by atoms with Crippen molar-refractivity contribution in [1.29, 1.82) is 5.26 Å². The molecule has 0 spiro atoms. The van der Waals surface area contributed by atoms with Gasteiger partial charge in [0.2, 0.25) is 5.95 Å². The van der Waals surface area contributed by atoms with Gasteiger partial charge in [0.1, 0.15) is 17.7 Å². The fourth-order valence-electron chi connectivity index (χ4n) is 3.69. The minimum Gasteiger partial charge on any atom is -0.355 e. The van der Waals surface area contributed by atoms with Gasteiger partial charge in [-0.05, 0) is 56.3 Å². The highest BCUT2D eigenvalue weighted by Gasteiger charge is 2.27. The first-order valence-corrected chi connectivity index (χ1v) is 10.5. The number of nitriles is 1. The van der Waals surface area contributed by atoms with E-state index in [4.69, 9.17) is 10.2 Å². The Morgan fingerprint density at radius 1 is 1.24 bits per heavy atom. The zero-order valence-electron chi connectivity index (χ0n) is 16.8. The van der Waals surface area contributed by atoms with E-state index in [1.54, 1.807) is 6.07 Å². The number of benzene rings is 1. The van der Waals surface area contributed by atoms with Crippen molar-refractivity contribution in [2.45, 2.75) is 45.1 Å². The molecule has 2 fully saturated rings. The zero-order valence-corrected chi connectivity index (χ0v) is 16.8. The highest BCUT2D eigenvalue weighted by atomic mass is 19.1. The molecular formula is C22H27FN6. The van der Waals surface area contributed by atoms with Crippen LogP contribution in [0.4, 0.5) is 21.8 Å². The van der Waals surface area contributed by atoms with Crippen LogP contribution in [0, 0.1) is 23.1 Å². The van der Waals surface area contributed by atoms with Crippen molar-refractivity contribution < 1.29 is 4.39 Å². The predicted octanol–water partition coefficient (Wildman–Crippen LogP) is 3.76. The summed E-state index contributed by atoms with van der Waals surface area (Å²) in [5, 5.41) is 15.9. The van der Waals surface area contributed by atoms with Gasteiger partial charge in [0.25, 0.3) is 0 Å². The Labute approximate surface area is 171 Å². The number of aromatic nitrogens is 2. The molecule has 2 N–H and O–H groups in total. The van der Waals surface area contributed by atoms with Crippen LogP contribution in [0.5, 0.6) is 0 Å². The number of anilines is 3. The van der Waals surface area contributed by atoms with E-state index in [-0.39, 0.29) is 5.56 Å². The molecule has 2 heterocycles. The molecule has 2 aliphatic rings. The molecule has 1 saturated heterocycles. The number of nitrogens with one attached hydrogen (secondary N) is 2. The maximum absolute atomic E-state index is 13.6. The summed E-state index contributed by atoms with van der Waals surface area (Å²) in [6, 6.07) is 8.81. The van der Waals surface area contributed by atoms with E-state index >= 15 is 0 Å². The van der Waals surface area contributed by atoms with E-state index in [0.717, 1.165) is 56.3 Å². The lowest BCUT2D eigenvalue weighted by molar-refractivity contribution is 0.530. The summed E-state index contributed by atoms with van der Waals surface area (Å²) in [5.41, 5.74) is 1.59. The molecule has 1 atom stereocenters. The minimum absolute atomic E-state index is 0.00376. The van der Waals surface area contributed by atoms with Gasteiger partial charge >= 0.3 is 0 Å². The lowest BCUT2D eigenvalue weighted by Crippen LogP contribution is -2.34. The molecule has 1 unspecified atom stereocenters. The standard InChI is InChI=1S/C22H27FN6/c1-2-3-17-11-21(29-9-8-19(14-29)25-13-15-4-5-15)28-22(26-17)27-18-6-7-20(23)16(10-18)12-24/h6-7,10-11,15,19,25H,2-5,8-9,13-14H2,1H3,(H,26,27,28). The molecule has 4 rings (SSSR count). The van der Waals surface area contributed by atoms with Crippen molar-refractivity contribution in [1.82, 2.24) is 15.3 Å². The van der Waals surface area contributed by atoms with Crippen molar-refractivity contribution in [3.8, 4) is 6.07 Å². The fraction of sp³-hybridized carbons (Fsp3) is 0.500. The topological polar surface area (TPSA) is 76.9 Å². The minimum atomic E-state index is -0.527. The highest BCUT2D eigenvalue weighted by Crippen LogP contribution is 2.28. The molecule has 1 aromatic heterocycles. The Bertz CT molecular complexity index is 905. The smallest absolute Gasteiger partial charge is 0.229 e. The van der Waals surface area contributed by atoms with Crippen molar-refractivity contribution >= 4 is 17.5 Å². The summed E-state index contributed by atoms with van der Waals surface area (Å²) in [6.45, 7) is 5.17. The molecule has 0 bridgehead atoms. The fourth-order valence-corrected chi connectivity index (χ4v) is 3.69.